The molecule has 1 unspecified atom stereocenters. The molecule has 2 saturated heterocycles. The van der Waals surface area contributed by atoms with E-state index in [0.29, 0.717) is 13.1 Å². The minimum atomic E-state index is -0.627. The number of hydrogen-bond donors (Lipinski definition) is 3. The van der Waals surface area contributed by atoms with Crippen LogP contribution in [0.5, 0.6) is 5.75 Å². The molecule has 40 heavy (non-hydrogen) atoms. The van der Waals surface area contributed by atoms with Gasteiger partial charge in [-0.15, -0.1) is 0 Å². The summed E-state index contributed by atoms with van der Waals surface area (Å²) < 4.78 is 0. The van der Waals surface area contributed by atoms with Crippen molar-refractivity contribution < 1.29 is 15.3 Å². The number of fused-ring (bicyclic) bond motifs is 2. The van der Waals surface area contributed by atoms with Crippen LogP contribution in [0.4, 0.5) is 17.5 Å². The average Bonchev–Trinajstić information content (AvgIpc) is 3.00. The van der Waals surface area contributed by atoms with Crippen molar-refractivity contribution in [1.82, 2.24) is 19.8 Å². The lowest BCUT2D eigenvalue weighted by atomic mass is 10.0. The first kappa shape index (κ1) is 26.8. The predicted octanol–water partition coefficient (Wildman–Crippen LogP) is 1.64. The van der Waals surface area contributed by atoms with Crippen LogP contribution in [0.1, 0.15) is 11.3 Å². The summed E-state index contributed by atoms with van der Waals surface area (Å²) in [6.45, 7) is 12.5. The van der Waals surface area contributed by atoms with Gasteiger partial charge in [0, 0.05) is 88.2 Å². The highest BCUT2D eigenvalue weighted by molar-refractivity contribution is 5.95. The Balaban J connectivity index is 1.32. The normalized spacial score (nSPS) is 19.6. The molecule has 0 saturated carbocycles. The number of nitrogens with zero attached hydrogens (tertiary/aromatic N) is 7. The molecule has 0 bridgehead atoms. The van der Waals surface area contributed by atoms with E-state index in [0.717, 1.165) is 99.2 Å². The van der Waals surface area contributed by atoms with Crippen molar-refractivity contribution in [1.29, 1.82) is 0 Å². The first-order valence-electron chi connectivity index (χ1n) is 14.3. The summed E-state index contributed by atoms with van der Waals surface area (Å²) in [5.41, 5.74) is 3.25. The second-order valence-electron chi connectivity index (χ2n) is 10.9. The Morgan fingerprint density at radius 3 is 2.40 bits per heavy atom. The van der Waals surface area contributed by atoms with E-state index in [1.54, 1.807) is 6.08 Å². The number of aromatic hydroxyl groups is 1. The summed E-state index contributed by atoms with van der Waals surface area (Å²) in [4.78, 5) is 21.6. The van der Waals surface area contributed by atoms with Crippen molar-refractivity contribution in [3.8, 4) is 5.75 Å². The first-order valence-corrected chi connectivity index (χ1v) is 14.3. The zero-order valence-electron chi connectivity index (χ0n) is 23.0. The lowest BCUT2D eigenvalue weighted by molar-refractivity contribution is 0.0379. The molecule has 3 N–H and O–H groups in total. The van der Waals surface area contributed by atoms with E-state index in [9.17, 15) is 15.3 Å². The molecular weight excluding hydrogens is 506 g/mol. The smallest absolute Gasteiger partial charge is 0.227 e. The van der Waals surface area contributed by atoms with Crippen LogP contribution in [-0.4, -0.2) is 113 Å². The molecule has 3 aliphatic rings. The third-order valence-electron chi connectivity index (χ3n) is 8.47. The number of piperazine rings is 2. The topological polar surface area (TPSA) is 103 Å². The number of phenolic OH excluding ortho intramolecular Hbond substituents is 1. The Morgan fingerprint density at radius 2 is 1.65 bits per heavy atom. The van der Waals surface area contributed by atoms with E-state index in [2.05, 4.69) is 32.2 Å². The molecule has 10 nitrogen and oxygen atoms in total. The van der Waals surface area contributed by atoms with Gasteiger partial charge in [-0.25, -0.2) is 4.98 Å². The second-order valence-corrected chi connectivity index (χ2v) is 10.9. The molecule has 1 atom stereocenters. The van der Waals surface area contributed by atoms with Crippen LogP contribution < -0.4 is 14.7 Å². The zero-order valence-corrected chi connectivity index (χ0v) is 23.0. The molecule has 0 radical (unpaired) electrons. The Morgan fingerprint density at radius 1 is 0.900 bits per heavy atom. The van der Waals surface area contributed by atoms with Gasteiger partial charge in [0.2, 0.25) is 5.95 Å². The van der Waals surface area contributed by atoms with Gasteiger partial charge in [-0.05, 0) is 23.9 Å². The van der Waals surface area contributed by atoms with E-state index in [1.165, 1.54) is 5.56 Å². The van der Waals surface area contributed by atoms with Crippen LogP contribution in [0.2, 0.25) is 0 Å². The third kappa shape index (κ3) is 5.32. The molecule has 2 fully saturated rings. The number of aliphatic hydroxyl groups excluding tert-OH is 2. The van der Waals surface area contributed by atoms with Gasteiger partial charge in [-0.1, -0.05) is 30.8 Å². The standard InChI is InChI=1S/C30H39N7O3/c1-2-28(40)34-13-15-35(16-14-34)29-25-7-8-37(27-20-23(39)19-22-5-3-4-6-24(22)27)21-26(25)31-30(32-29)36-11-9-33(10-12-36)17-18-38/h2-6,19-20,28,38-40H,1,7-18,21H2. The summed E-state index contributed by atoms with van der Waals surface area (Å²) in [7, 11) is 0. The molecule has 1 aromatic heterocycles. The van der Waals surface area contributed by atoms with Gasteiger partial charge in [-0.2, -0.15) is 4.98 Å². The highest BCUT2D eigenvalue weighted by atomic mass is 16.3. The Hall–Kier alpha value is -3.44. The zero-order chi connectivity index (χ0) is 27.6. The van der Waals surface area contributed by atoms with Crippen LogP contribution in [0.25, 0.3) is 10.8 Å². The van der Waals surface area contributed by atoms with Crippen LogP contribution in [-0.2, 0) is 13.0 Å². The van der Waals surface area contributed by atoms with Gasteiger partial charge in [0.05, 0.1) is 18.8 Å². The number of aliphatic hydroxyl groups is 2. The summed E-state index contributed by atoms with van der Waals surface area (Å²) in [6.07, 6.45) is 1.77. The van der Waals surface area contributed by atoms with Crippen molar-refractivity contribution in [2.45, 2.75) is 19.2 Å². The maximum Gasteiger partial charge on any atom is 0.227 e. The van der Waals surface area contributed by atoms with Gasteiger partial charge >= 0.3 is 0 Å². The largest absolute Gasteiger partial charge is 0.508 e. The average molecular weight is 546 g/mol. The highest BCUT2D eigenvalue weighted by Crippen LogP contribution is 2.36. The molecular formula is C30H39N7O3. The molecule has 4 heterocycles. The lowest BCUT2D eigenvalue weighted by Crippen LogP contribution is -2.51. The summed E-state index contributed by atoms with van der Waals surface area (Å²) in [6, 6.07) is 11.9. The molecule has 3 aliphatic heterocycles. The molecule has 212 valence electrons. The van der Waals surface area contributed by atoms with E-state index >= 15 is 0 Å². The maximum absolute atomic E-state index is 10.5. The number of benzene rings is 2. The molecule has 0 spiro atoms. The van der Waals surface area contributed by atoms with Crippen LogP contribution >= 0.6 is 0 Å². The van der Waals surface area contributed by atoms with Gasteiger partial charge in [-0.3, -0.25) is 9.80 Å². The summed E-state index contributed by atoms with van der Waals surface area (Å²) in [5.74, 6) is 2.03. The summed E-state index contributed by atoms with van der Waals surface area (Å²) >= 11 is 0. The van der Waals surface area contributed by atoms with Crippen molar-refractivity contribution >= 4 is 28.2 Å². The van der Waals surface area contributed by atoms with Crippen LogP contribution in [0, 0.1) is 0 Å². The van der Waals surface area contributed by atoms with Gasteiger partial charge in [0.25, 0.3) is 0 Å². The van der Waals surface area contributed by atoms with Crippen LogP contribution in [0.15, 0.2) is 49.1 Å². The number of aromatic nitrogens is 2. The van der Waals surface area contributed by atoms with Gasteiger partial charge in [0.15, 0.2) is 0 Å². The molecule has 3 aromatic rings. The first-order chi connectivity index (χ1) is 19.5. The monoisotopic (exact) mass is 545 g/mol. The number of β-amino-alcohol motifs (C(OH)–C–C–N with tert-alkyl or cyclic N) is 1. The van der Waals surface area contributed by atoms with Gasteiger partial charge < -0.3 is 30.0 Å². The molecule has 10 heteroatoms. The summed E-state index contributed by atoms with van der Waals surface area (Å²) in [5, 5.41) is 32.2. The van der Waals surface area contributed by atoms with Crippen LogP contribution in [0.3, 0.4) is 0 Å². The fraction of sp³-hybridized carbons (Fsp3) is 0.467. The number of hydrogen-bond acceptors (Lipinski definition) is 10. The van der Waals surface area contributed by atoms with Gasteiger partial charge in [0.1, 0.15) is 17.8 Å². The molecule has 0 aliphatic carbocycles. The molecule has 6 rings (SSSR count). The number of rotatable bonds is 7. The SMILES string of the molecule is C=CC(O)N1CCN(c2nc(N3CCN(CCO)CC3)nc3c2CCN(c2cc(O)cc4ccccc24)C3)CC1. The Bertz CT molecular complexity index is 1350. The van der Waals surface area contributed by atoms with Crippen molar-refractivity contribution in [2.75, 3.05) is 86.8 Å². The third-order valence-corrected chi connectivity index (χ3v) is 8.47. The van der Waals surface area contributed by atoms with E-state index in [4.69, 9.17) is 9.97 Å². The number of anilines is 3. The predicted molar refractivity (Wildman–Crippen MR) is 158 cm³/mol. The lowest BCUT2D eigenvalue weighted by Gasteiger charge is -2.40. The molecule has 2 aromatic carbocycles. The maximum atomic E-state index is 10.5. The van der Waals surface area contributed by atoms with Crippen molar-refractivity contribution in [3.05, 3.63) is 60.3 Å². The minimum Gasteiger partial charge on any atom is -0.508 e. The minimum absolute atomic E-state index is 0.172. The molecule has 0 amide bonds. The Kier molecular flexibility index (Phi) is 7.75. The quantitative estimate of drug-likeness (QED) is 0.380. The highest BCUT2D eigenvalue weighted by Gasteiger charge is 2.30. The second kappa shape index (κ2) is 11.6. The van der Waals surface area contributed by atoms with Crippen molar-refractivity contribution in [2.24, 2.45) is 0 Å². The van der Waals surface area contributed by atoms with Crippen molar-refractivity contribution in [3.63, 3.8) is 0 Å². The fourth-order valence-electron chi connectivity index (χ4n) is 6.20. The van der Waals surface area contributed by atoms with E-state index in [1.807, 2.05) is 35.2 Å². The van der Waals surface area contributed by atoms with E-state index in [-0.39, 0.29) is 12.4 Å². The number of phenols is 1. The fourth-order valence-corrected chi connectivity index (χ4v) is 6.20. The Labute approximate surface area is 235 Å². The van der Waals surface area contributed by atoms with E-state index < -0.39 is 6.23 Å².